The Morgan fingerprint density at radius 3 is 2.15 bits per heavy atom. The lowest BCUT2D eigenvalue weighted by molar-refractivity contribution is 0.198. The van der Waals surface area contributed by atoms with Gasteiger partial charge >= 0.3 is 6.03 Å². The number of nitrogens with one attached hydrogen (secondary N) is 1. The van der Waals surface area contributed by atoms with Gasteiger partial charge in [0.05, 0.1) is 0 Å². The number of hydrogen-bond donors (Lipinski definition) is 1. The van der Waals surface area contributed by atoms with E-state index in [2.05, 4.69) is 5.32 Å². The van der Waals surface area contributed by atoms with E-state index in [0.717, 1.165) is 5.56 Å². The van der Waals surface area contributed by atoms with Crippen LogP contribution in [-0.4, -0.2) is 17.5 Å². The van der Waals surface area contributed by atoms with Crippen LogP contribution in [0.25, 0.3) is 0 Å². The first-order valence-electron chi connectivity index (χ1n) is 8.50. The number of amides is 2. The van der Waals surface area contributed by atoms with E-state index in [1.54, 1.807) is 24.3 Å². The minimum Gasteiger partial charge on any atom is -0.320 e. The summed E-state index contributed by atoms with van der Waals surface area (Å²) in [6, 6.07) is 7.34. The number of nitrogens with zero attached hydrogens (tertiary/aromatic N) is 1. The first kappa shape index (κ1) is 21.1. The number of halogens is 4. The van der Waals surface area contributed by atoms with Crippen LogP contribution in [0.2, 0.25) is 5.02 Å². The van der Waals surface area contributed by atoms with Crippen molar-refractivity contribution < 1.29 is 18.0 Å². The Morgan fingerprint density at radius 2 is 1.63 bits per heavy atom. The maximum absolute atomic E-state index is 13.9. The van der Waals surface area contributed by atoms with Gasteiger partial charge in [0.1, 0.15) is 11.5 Å². The summed E-state index contributed by atoms with van der Waals surface area (Å²) in [5.41, 5.74) is 0.118. The van der Waals surface area contributed by atoms with Gasteiger partial charge in [-0.1, -0.05) is 44.5 Å². The van der Waals surface area contributed by atoms with E-state index in [9.17, 15) is 18.0 Å². The zero-order valence-electron chi connectivity index (χ0n) is 15.5. The molecule has 1 N–H and O–H groups in total. The third kappa shape index (κ3) is 6.47. The number of rotatable bonds is 5. The first-order valence-corrected chi connectivity index (χ1v) is 8.88. The first-order chi connectivity index (χ1) is 12.5. The molecule has 0 saturated heterocycles. The quantitative estimate of drug-likeness (QED) is 0.636. The molecule has 0 atom stereocenters. The maximum atomic E-state index is 13.9. The van der Waals surface area contributed by atoms with Crippen LogP contribution < -0.4 is 5.32 Å². The summed E-state index contributed by atoms with van der Waals surface area (Å²) < 4.78 is 40.8. The van der Waals surface area contributed by atoms with Crippen LogP contribution in [0, 0.1) is 22.9 Å². The summed E-state index contributed by atoms with van der Waals surface area (Å²) >= 11 is 5.88. The van der Waals surface area contributed by atoms with Gasteiger partial charge in [0.15, 0.2) is 11.6 Å². The molecule has 0 fully saturated rings. The fraction of sp³-hybridized carbons (Fsp3) is 0.350. The molecule has 0 heterocycles. The number of carbonyl (C=O) groups is 1. The highest BCUT2D eigenvalue weighted by atomic mass is 35.5. The molecule has 0 unspecified atom stereocenters. The highest BCUT2D eigenvalue weighted by Crippen LogP contribution is 2.23. The Morgan fingerprint density at radius 1 is 1.07 bits per heavy atom. The van der Waals surface area contributed by atoms with Gasteiger partial charge in [-0.25, -0.2) is 18.0 Å². The second-order valence-corrected chi connectivity index (χ2v) is 7.97. The largest absolute Gasteiger partial charge is 0.322 e. The standard InChI is InChI=1S/C20H22ClF3N2O/c1-20(2,3)8-9-26(12-13-4-6-14(21)7-5-13)19(27)25-18-16(23)10-15(22)11-17(18)24/h4-7,10-11H,8-9,12H2,1-3H3,(H,25,27). The summed E-state index contributed by atoms with van der Waals surface area (Å²) in [4.78, 5) is 14.1. The predicted octanol–water partition coefficient (Wildman–Crippen LogP) is 6.23. The molecule has 3 nitrogen and oxygen atoms in total. The van der Waals surface area contributed by atoms with E-state index in [-0.39, 0.29) is 12.0 Å². The Labute approximate surface area is 162 Å². The van der Waals surface area contributed by atoms with Crippen molar-refractivity contribution in [2.75, 3.05) is 11.9 Å². The van der Waals surface area contributed by atoms with Crippen LogP contribution in [0.1, 0.15) is 32.8 Å². The molecule has 0 spiro atoms. The van der Waals surface area contributed by atoms with E-state index >= 15 is 0 Å². The Balaban J connectivity index is 2.20. The summed E-state index contributed by atoms with van der Waals surface area (Å²) in [6.45, 7) is 6.71. The lowest BCUT2D eigenvalue weighted by Crippen LogP contribution is -2.37. The molecule has 7 heteroatoms. The van der Waals surface area contributed by atoms with Gasteiger partial charge < -0.3 is 10.2 Å². The molecule has 2 aromatic carbocycles. The minimum atomic E-state index is -1.16. The lowest BCUT2D eigenvalue weighted by atomic mass is 9.92. The molecule has 2 aromatic rings. The van der Waals surface area contributed by atoms with Crippen LogP contribution in [-0.2, 0) is 6.54 Å². The van der Waals surface area contributed by atoms with Crippen molar-refractivity contribution in [2.24, 2.45) is 5.41 Å². The Bertz CT molecular complexity index is 781. The molecule has 2 rings (SSSR count). The zero-order valence-corrected chi connectivity index (χ0v) is 16.2. The van der Waals surface area contributed by atoms with Crippen molar-refractivity contribution in [3.8, 4) is 0 Å². The average Bonchev–Trinajstić information content (AvgIpc) is 2.55. The average molecular weight is 399 g/mol. The highest BCUT2D eigenvalue weighted by Gasteiger charge is 2.21. The van der Waals surface area contributed by atoms with Gasteiger partial charge in [-0.2, -0.15) is 0 Å². The van der Waals surface area contributed by atoms with Crippen molar-refractivity contribution in [3.63, 3.8) is 0 Å². The molecule has 0 radical (unpaired) electrons. The fourth-order valence-electron chi connectivity index (χ4n) is 2.38. The van der Waals surface area contributed by atoms with Gasteiger partial charge in [0.25, 0.3) is 0 Å². The van der Waals surface area contributed by atoms with Crippen LogP contribution in [0.5, 0.6) is 0 Å². The number of urea groups is 1. The lowest BCUT2D eigenvalue weighted by Gasteiger charge is -2.27. The van der Waals surface area contributed by atoms with Crippen LogP contribution in [0.3, 0.4) is 0 Å². The van der Waals surface area contributed by atoms with Crippen molar-refractivity contribution >= 4 is 23.3 Å². The molecule has 0 saturated carbocycles. The van der Waals surface area contributed by atoms with E-state index in [4.69, 9.17) is 11.6 Å². The third-order valence-corrected chi connectivity index (χ3v) is 4.20. The van der Waals surface area contributed by atoms with E-state index < -0.39 is 29.2 Å². The molecule has 0 aliphatic heterocycles. The molecule has 0 bridgehead atoms. The smallest absolute Gasteiger partial charge is 0.320 e. The van der Waals surface area contributed by atoms with Gasteiger partial charge in [0, 0.05) is 30.2 Å². The fourth-order valence-corrected chi connectivity index (χ4v) is 2.51. The maximum Gasteiger partial charge on any atom is 0.322 e. The summed E-state index contributed by atoms with van der Waals surface area (Å²) in [7, 11) is 0. The van der Waals surface area contributed by atoms with Gasteiger partial charge in [-0.3, -0.25) is 0 Å². The second kappa shape index (κ2) is 8.65. The Kier molecular flexibility index (Phi) is 6.76. The Hall–Kier alpha value is -2.21. The summed E-state index contributed by atoms with van der Waals surface area (Å²) in [6.07, 6.45) is 0.683. The van der Waals surface area contributed by atoms with Crippen LogP contribution in [0.15, 0.2) is 36.4 Å². The van der Waals surface area contributed by atoms with E-state index in [0.29, 0.717) is 30.1 Å². The van der Waals surface area contributed by atoms with Gasteiger partial charge in [0.2, 0.25) is 0 Å². The topological polar surface area (TPSA) is 32.3 Å². The molecule has 0 aliphatic carbocycles. The van der Waals surface area contributed by atoms with Crippen molar-refractivity contribution in [1.82, 2.24) is 4.90 Å². The zero-order chi connectivity index (χ0) is 20.2. The van der Waals surface area contributed by atoms with Crippen LogP contribution in [0.4, 0.5) is 23.7 Å². The number of benzene rings is 2. The number of carbonyl (C=O) groups excluding carboxylic acids is 1. The van der Waals surface area contributed by atoms with Gasteiger partial charge in [-0.05, 0) is 29.5 Å². The SMILES string of the molecule is CC(C)(C)CCN(Cc1ccc(Cl)cc1)C(=O)Nc1c(F)cc(F)cc1F. The predicted molar refractivity (Wildman–Crippen MR) is 101 cm³/mol. The molecule has 2 amide bonds. The van der Waals surface area contributed by atoms with Crippen molar-refractivity contribution in [2.45, 2.75) is 33.7 Å². The van der Waals surface area contributed by atoms with Crippen LogP contribution >= 0.6 is 11.6 Å². The normalized spacial score (nSPS) is 11.4. The van der Waals surface area contributed by atoms with E-state index in [1.165, 1.54) is 4.90 Å². The molecule has 0 aromatic heterocycles. The molecule has 0 aliphatic rings. The molecule has 27 heavy (non-hydrogen) atoms. The third-order valence-electron chi connectivity index (χ3n) is 3.94. The number of hydrogen-bond acceptors (Lipinski definition) is 1. The number of anilines is 1. The summed E-state index contributed by atoms with van der Waals surface area (Å²) in [5, 5.41) is 2.79. The van der Waals surface area contributed by atoms with Crippen molar-refractivity contribution in [3.05, 3.63) is 64.4 Å². The molecule has 146 valence electrons. The second-order valence-electron chi connectivity index (χ2n) is 7.53. The highest BCUT2D eigenvalue weighted by molar-refractivity contribution is 6.30. The molecular weight excluding hydrogens is 377 g/mol. The van der Waals surface area contributed by atoms with E-state index in [1.807, 2.05) is 20.8 Å². The molecular formula is C20H22ClF3N2O. The monoisotopic (exact) mass is 398 g/mol. The minimum absolute atomic E-state index is 0.0368. The summed E-state index contributed by atoms with van der Waals surface area (Å²) in [5.74, 6) is -3.38. The van der Waals surface area contributed by atoms with Crippen molar-refractivity contribution in [1.29, 1.82) is 0 Å². The van der Waals surface area contributed by atoms with Gasteiger partial charge in [-0.15, -0.1) is 0 Å².